The maximum Gasteiger partial charge on any atom is 0.257 e. The number of carbonyl (C=O) groups excluding carboxylic acids is 2. The summed E-state index contributed by atoms with van der Waals surface area (Å²) in [4.78, 5) is 35.2. The summed E-state index contributed by atoms with van der Waals surface area (Å²) in [6.45, 7) is 1.23. The van der Waals surface area contributed by atoms with Gasteiger partial charge in [0.15, 0.2) is 5.72 Å². The largest absolute Gasteiger partial charge is 0.377 e. The molecule has 1 unspecified atom stereocenters. The van der Waals surface area contributed by atoms with Gasteiger partial charge < -0.3 is 14.8 Å². The fraction of sp³-hybridized carbons (Fsp3) is 0.182. The Morgan fingerprint density at radius 1 is 0.927 bits per heavy atom. The molecule has 1 aliphatic rings. The van der Waals surface area contributed by atoms with E-state index in [0.29, 0.717) is 59.7 Å². The molecule has 0 saturated carbocycles. The number of hydrogen-bond acceptors (Lipinski definition) is 5. The molecule has 8 heteroatoms. The van der Waals surface area contributed by atoms with Crippen LogP contribution in [-0.2, 0) is 28.4 Å². The Balaban J connectivity index is 1.17. The van der Waals surface area contributed by atoms with Crippen LogP contribution >= 0.6 is 0 Å². The number of nitrogens with zero attached hydrogens (tertiary/aromatic N) is 2. The van der Waals surface area contributed by atoms with E-state index in [1.165, 1.54) is 4.90 Å². The van der Waals surface area contributed by atoms with E-state index in [1.807, 2.05) is 66.7 Å². The van der Waals surface area contributed by atoms with Gasteiger partial charge >= 0.3 is 0 Å². The second-order valence-electron chi connectivity index (χ2n) is 10.1. The molecule has 0 bridgehead atoms. The highest BCUT2D eigenvalue weighted by Crippen LogP contribution is 2.43. The van der Waals surface area contributed by atoms with Crippen molar-refractivity contribution in [2.75, 3.05) is 11.9 Å². The number of aliphatic hydroxyl groups is 1. The number of nitrogens with one attached hydrogen (secondary N) is 2. The SMILES string of the molecule is O=C(CCCOCc1ccccc1)Nc1nc2cc(C3(O)c4ccccc4C(=O)N3Cc3ccccc3)ccc2[nH]1. The summed E-state index contributed by atoms with van der Waals surface area (Å²) >= 11 is 0. The van der Waals surface area contributed by atoms with Crippen LogP contribution in [0.15, 0.2) is 103 Å². The fourth-order valence-corrected chi connectivity index (χ4v) is 5.25. The van der Waals surface area contributed by atoms with Crippen LogP contribution in [-0.4, -0.2) is 38.4 Å². The minimum Gasteiger partial charge on any atom is -0.377 e. The number of aromatic amines is 1. The third-order valence-electron chi connectivity index (χ3n) is 7.30. The molecule has 41 heavy (non-hydrogen) atoms. The Morgan fingerprint density at radius 2 is 1.63 bits per heavy atom. The molecule has 0 fully saturated rings. The van der Waals surface area contributed by atoms with E-state index in [-0.39, 0.29) is 18.4 Å². The number of ether oxygens (including phenoxy) is 1. The van der Waals surface area contributed by atoms with E-state index in [2.05, 4.69) is 15.3 Å². The highest BCUT2D eigenvalue weighted by molar-refractivity contribution is 6.00. The number of fused-ring (bicyclic) bond motifs is 2. The van der Waals surface area contributed by atoms with Gasteiger partial charge in [-0.1, -0.05) is 84.9 Å². The Labute approximate surface area is 237 Å². The zero-order valence-corrected chi connectivity index (χ0v) is 22.4. The zero-order valence-electron chi connectivity index (χ0n) is 22.4. The number of H-pyrrole nitrogens is 1. The Kier molecular flexibility index (Phi) is 7.33. The first-order valence-electron chi connectivity index (χ1n) is 13.6. The third-order valence-corrected chi connectivity index (χ3v) is 7.30. The molecule has 0 aliphatic carbocycles. The number of amides is 2. The van der Waals surface area contributed by atoms with Crippen molar-refractivity contribution in [3.63, 3.8) is 0 Å². The van der Waals surface area contributed by atoms with Gasteiger partial charge in [-0.25, -0.2) is 4.98 Å². The zero-order chi connectivity index (χ0) is 28.2. The molecule has 0 spiro atoms. The maximum absolute atomic E-state index is 13.5. The lowest BCUT2D eigenvalue weighted by Gasteiger charge is -2.35. The van der Waals surface area contributed by atoms with Crippen molar-refractivity contribution in [2.45, 2.75) is 31.7 Å². The second-order valence-corrected chi connectivity index (χ2v) is 10.1. The number of hydrogen-bond donors (Lipinski definition) is 3. The van der Waals surface area contributed by atoms with Crippen molar-refractivity contribution in [1.82, 2.24) is 14.9 Å². The van der Waals surface area contributed by atoms with Crippen molar-refractivity contribution in [3.05, 3.63) is 131 Å². The van der Waals surface area contributed by atoms with Gasteiger partial charge in [0.25, 0.3) is 5.91 Å². The van der Waals surface area contributed by atoms with Gasteiger partial charge in [-0.2, -0.15) is 0 Å². The lowest BCUT2D eigenvalue weighted by Crippen LogP contribution is -2.44. The van der Waals surface area contributed by atoms with E-state index in [4.69, 9.17) is 4.74 Å². The van der Waals surface area contributed by atoms with E-state index < -0.39 is 5.72 Å². The Bertz CT molecular complexity index is 1690. The van der Waals surface area contributed by atoms with Gasteiger partial charge in [0, 0.05) is 36.3 Å². The second kappa shape index (κ2) is 11.4. The molecule has 4 aromatic carbocycles. The standard InChI is InChI=1S/C33H30N4O4/c38-30(16-9-19-41-22-24-12-5-2-6-13-24)36-32-34-28-18-17-25(20-29(28)35-32)33(40)27-15-8-7-14-26(27)31(39)37(33)21-23-10-3-1-4-11-23/h1-8,10-15,17-18,20,40H,9,16,19,21-22H2,(H2,34,35,36,38). The summed E-state index contributed by atoms with van der Waals surface area (Å²) in [6.07, 6.45) is 0.880. The molecular weight excluding hydrogens is 516 g/mol. The quantitative estimate of drug-likeness (QED) is 0.205. The van der Waals surface area contributed by atoms with E-state index in [1.54, 1.807) is 36.4 Å². The topological polar surface area (TPSA) is 108 Å². The molecule has 6 rings (SSSR count). The van der Waals surface area contributed by atoms with Crippen LogP contribution in [0.1, 0.15) is 45.5 Å². The molecule has 0 radical (unpaired) electrons. The summed E-state index contributed by atoms with van der Waals surface area (Å²) in [5, 5.41) is 15.0. The monoisotopic (exact) mass is 546 g/mol. The molecular formula is C33H30N4O4. The van der Waals surface area contributed by atoms with Gasteiger partial charge in [0.2, 0.25) is 11.9 Å². The highest BCUT2D eigenvalue weighted by Gasteiger charge is 2.49. The van der Waals surface area contributed by atoms with Gasteiger partial charge in [0.1, 0.15) is 0 Å². The summed E-state index contributed by atoms with van der Waals surface area (Å²) in [6, 6.07) is 32.0. The summed E-state index contributed by atoms with van der Waals surface area (Å²) < 4.78 is 5.66. The molecule has 206 valence electrons. The number of carbonyl (C=O) groups is 2. The van der Waals surface area contributed by atoms with Gasteiger partial charge in [-0.3, -0.25) is 19.8 Å². The lowest BCUT2D eigenvalue weighted by molar-refractivity contribution is -0.116. The van der Waals surface area contributed by atoms with E-state index >= 15 is 0 Å². The van der Waals surface area contributed by atoms with E-state index in [0.717, 1.165) is 11.1 Å². The highest BCUT2D eigenvalue weighted by atomic mass is 16.5. The number of aromatic nitrogens is 2. The van der Waals surface area contributed by atoms with Crippen LogP contribution in [0.3, 0.4) is 0 Å². The molecule has 1 aliphatic heterocycles. The third kappa shape index (κ3) is 5.35. The van der Waals surface area contributed by atoms with Gasteiger partial charge in [-0.15, -0.1) is 0 Å². The van der Waals surface area contributed by atoms with Crippen molar-refractivity contribution >= 4 is 28.8 Å². The predicted octanol–water partition coefficient (Wildman–Crippen LogP) is 5.35. The molecule has 2 heterocycles. The first kappa shape index (κ1) is 26.4. The minimum atomic E-state index is -1.68. The Hall–Kier alpha value is -4.79. The van der Waals surface area contributed by atoms with Crippen molar-refractivity contribution < 1.29 is 19.4 Å². The minimum absolute atomic E-state index is 0.171. The fourth-order valence-electron chi connectivity index (χ4n) is 5.25. The average molecular weight is 547 g/mol. The molecule has 1 atom stereocenters. The molecule has 2 amide bonds. The van der Waals surface area contributed by atoms with Crippen LogP contribution in [0.2, 0.25) is 0 Å². The number of rotatable bonds is 10. The number of benzene rings is 4. The van der Waals surface area contributed by atoms with Crippen LogP contribution in [0.5, 0.6) is 0 Å². The molecule has 8 nitrogen and oxygen atoms in total. The smallest absolute Gasteiger partial charge is 0.257 e. The van der Waals surface area contributed by atoms with Crippen LogP contribution < -0.4 is 5.32 Å². The lowest BCUT2D eigenvalue weighted by atomic mass is 9.93. The normalized spacial score (nSPS) is 16.2. The van der Waals surface area contributed by atoms with Crippen molar-refractivity contribution in [3.8, 4) is 0 Å². The van der Waals surface area contributed by atoms with Crippen LogP contribution in [0, 0.1) is 0 Å². The molecule has 0 saturated heterocycles. The van der Waals surface area contributed by atoms with Crippen molar-refractivity contribution in [2.24, 2.45) is 0 Å². The van der Waals surface area contributed by atoms with Crippen LogP contribution in [0.4, 0.5) is 5.95 Å². The number of anilines is 1. The Morgan fingerprint density at radius 3 is 2.41 bits per heavy atom. The average Bonchev–Trinajstić information content (AvgIpc) is 3.50. The number of imidazole rings is 1. The predicted molar refractivity (Wildman–Crippen MR) is 156 cm³/mol. The summed E-state index contributed by atoms with van der Waals surface area (Å²) in [5.41, 5.74) is 3.09. The summed E-state index contributed by atoms with van der Waals surface area (Å²) in [7, 11) is 0. The van der Waals surface area contributed by atoms with Crippen molar-refractivity contribution in [1.29, 1.82) is 0 Å². The summed E-state index contributed by atoms with van der Waals surface area (Å²) in [5.74, 6) is -0.0891. The molecule has 1 aromatic heterocycles. The van der Waals surface area contributed by atoms with Gasteiger partial charge in [0.05, 0.1) is 17.6 Å². The van der Waals surface area contributed by atoms with Gasteiger partial charge in [-0.05, 0) is 35.7 Å². The van der Waals surface area contributed by atoms with Crippen LogP contribution in [0.25, 0.3) is 11.0 Å². The first-order valence-corrected chi connectivity index (χ1v) is 13.6. The molecule has 5 aromatic rings. The van der Waals surface area contributed by atoms with E-state index in [9.17, 15) is 14.7 Å². The molecule has 3 N–H and O–H groups in total. The maximum atomic E-state index is 13.5. The first-order chi connectivity index (χ1) is 20.0.